The van der Waals surface area contributed by atoms with E-state index in [1.165, 1.54) is 11.1 Å². The summed E-state index contributed by atoms with van der Waals surface area (Å²) in [6.07, 6.45) is 1.12. The van der Waals surface area contributed by atoms with E-state index < -0.39 is 0 Å². The third-order valence-electron chi connectivity index (χ3n) is 3.72. The average molecular weight is 283 g/mol. The van der Waals surface area contributed by atoms with Crippen LogP contribution in [0, 0.1) is 0 Å². The van der Waals surface area contributed by atoms with Gasteiger partial charge in [-0.15, -0.1) is 0 Å². The molecule has 1 N–H and O–H groups in total. The Morgan fingerprint density at radius 1 is 0.905 bits per heavy atom. The van der Waals surface area contributed by atoms with Crippen molar-refractivity contribution in [3.63, 3.8) is 0 Å². The van der Waals surface area contributed by atoms with E-state index in [0.29, 0.717) is 12.5 Å². The lowest BCUT2D eigenvalue weighted by molar-refractivity contribution is 0.159. The predicted molar refractivity (Wildman–Crippen MR) is 88.7 cm³/mol. The molecule has 0 bridgehead atoms. The molecule has 0 amide bonds. The Morgan fingerprint density at radius 2 is 1.43 bits per heavy atom. The van der Waals surface area contributed by atoms with Crippen molar-refractivity contribution < 1.29 is 4.74 Å². The van der Waals surface area contributed by atoms with Crippen LogP contribution in [0.2, 0.25) is 0 Å². The number of hydrogen-bond acceptors (Lipinski definition) is 2. The normalized spacial score (nSPS) is 12.5. The van der Waals surface area contributed by atoms with Gasteiger partial charge < -0.3 is 10.1 Å². The Kier molecular flexibility index (Phi) is 6.45. The highest BCUT2D eigenvalue weighted by molar-refractivity contribution is 5.34. The summed E-state index contributed by atoms with van der Waals surface area (Å²) < 4.78 is 5.46. The van der Waals surface area contributed by atoms with Crippen molar-refractivity contribution in [2.24, 2.45) is 0 Å². The van der Waals surface area contributed by atoms with Crippen LogP contribution in [0.15, 0.2) is 60.7 Å². The van der Waals surface area contributed by atoms with E-state index >= 15 is 0 Å². The molecule has 2 aromatic rings. The van der Waals surface area contributed by atoms with Crippen LogP contribution in [0.1, 0.15) is 30.4 Å². The SMILES string of the molecule is CCCNC(COC)C(c1ccccc1)c1ccccc1. The summed E-state index contributed by atoms with van der Waals surface area (Å²) in [5.74, 6) is 0.305. The van der Waals surface area contributed by atoms with Crippen LogP contribution in [0.25, 0.3) is 0 Å². The molecule has 2 nitrogen and oxygen atoms in total. The quantitative estimate of drug-likeness (QED) is 0.795. The van der Waals surface area contributed by atoms with Crippen molar-refractivity contribution in [2.45, 2.75) is 25.3 Å². The molecule has 0 heterocycles. The van der Waals surface area contributed by atoms with Crippen LogP contribution in [0.3, 0.4) is 0 Å². The number of nitrogens with one attached hydrogen (secondary N) is 1. The lowest BCUT2D eigenvalue weighted by atomic mass is 9.85. The Hall–Kier alpha value is -1.64. The fourth-order valence-electron chi connectivity index (χ4n) is 2.76. The van der Waals surface area contributed by atoms with Crippen molar-refractivity contribution in [2.75, 3.05) is 20.3 Å². The van der Waals surface area contributed by atoms with Crippen LogP contribution in [0.5, 0.6) is 0 Å². The van der Waals surface area contributed by atoms with E-state index in [9.17, 15) is 0 Å². The summed E-state index contributed by atoms with van der Waals surface area (Å²) in [4.78, 5) is 0. The first-order valence-electron chi connectivity index (χ1n) is 7.69. The minimum atomic E-state index is 0.278. The fourth-order valence-corrected chi connectivity index (χ4v) is 2.76. The smallest absolute Gasteiger partial charge is 0.0625 e. The first kappa shape index (κ1) is 15.7. The minimum absolute atomic E-state index is 0.278. The molecule has 0 fully saturated rings. The molecule has 0 saturated heterocycles. The Morgan fingerprint density at radius 3 is 1.86 bits per heavy atom. The summed E-state index contributed by atoms with van der Waals surface area (Å²) in [5, 5.41) is 3.64. The number of methoxy groups -OCH3 is 1. The largest absolute Gasteiger partial charge is 0.383 e. The predicted octanol–water partition coefficient (Wildman–Crippen LogP) is 3.83. The Bertz CT molecular complexity index is 458. The van der Waals surface area contributed by atoms with E-state index in [4.69, 9.17) is 4.74 Å². The van der Waals surface area contributed by atoms with E-state index in [0.717, 1.165) is 13.0 Å². The molecule has 0 aliphatic rings. The molecule has 1 atom stereocenters. The van der Waals surface area contributed by atoms with E-state index in [-0.39, 0.29) is 6.04 Å². The second-order valence-corrected chi connectivity index (χ2v) is 5.31. The standard InChI is InChI=1S/C19H25NO/c1-3-14-20-18(15-21-2)19(16-10-6-4-7-11-16)17-12-8-5-9-13-17/h4-13,18-20H,3,14-15H2,1-2H3. The second-order valence-electron chi connectivity index (χ2n) is 5.31. The van der Waals surface area contributed by atoms with Gasteiger partial charge in [0.2, 0.25) is 0 Å². The molecule has 21 heavy (non-hydrogen) atoms. The maximum atomic E-state index is 5.46. The topological polar surface area (TPSA) is 21.3 Å². The van der Waals surface area contributed by atoms with Gasteiger partial charge in [0.25, 0.3) is 0 Å². The molecule has 2 aromatic carbocycles. The van der Waals surface area contributed by atoms with Gasteiger partial charge in [-0.25, -0.2) is 0 Å². The van der Waals surface area contributed by atoms with Gasteiger partial charge in [0, 0.05) is 19.1 Å². The summed E-state index contributed by atoms with van der Waals surface area (Å²) in [7, 11) is 1.77. The van der Waals surface area contributed by atoms with Gasteiger partial charge >= 0.3 is 0 Å². The summed E-state index contributed by atoms with van der Waals surface area (Å²) in [6.45, 7) is 3.90. The number of benzene rings is 2. The molecule has 0 aliphatic heterocycles. The summed E-state index contributed by atoms with van der Waals surface area (Å²) in [5.41, 5.74) is 2.66. The van der Waals surface area contributed by atoms with Crippen LogP contribution in [-0.2, 0) is 4.74 Å². The van der Waals surface area contributed by atoms with Gasteiger partial charge in [0.05, 0.1) is 6.61 Å². The molecule has 112 valence electrons. The first-order valence-corrected chi connectivity index (χ1v) is 7.69. The molecule has 0 aromatic heterocycles. The van der Waals surface area contributed by atoms with Crippen LogP contribution < -0.4 is 5.32 Å². The fraction of sp³-hybridized carbons (Fsp3) is 0.368. The zero-order chi connectivity index (χ0) is 14.9. The molecule has 0 radical (unpaired) electrons. The maximum absolute atomic E-state index is 5.46. The van der Waals surface area contributed by atoms with Gasteiger partial charge in [-0.2, -0.15) is 0 Å². The van der Waals surface area contributed by atoms with Gasteiger partial charge in [0.15, 0.2) is 0 Å². The van der Waals surface area contributed by atoms with Gasteiger partial charge in [-0.1, -0.05) is 67.6 Å². The third-order valence-corrected chi connectivity index (χ3v) is 3.72. The van der Waals surface area contributed by atoms with E-state index in [1.54, 1.807) is 7.11 Å². The highest BCUT2D eigenvalue weighted by atomic mass is 16.5. The Labute approximate surface area is 128 Å². The van der Waals surface area contributed by atoms with Crippen LogP contribution in [-0.4, -0.2) is 26.3 Å². The molecule has 0 saturated carbocycles. The van der Waals surface area contributed by atoms with Crippen LogP contribution in [0.4, 0.5) is 0 Å². The highest BCUT2D eigenvalue weighted by Gasteiger charge is 2.24. The van der Waals surface area contributed by atoms with Crippen molar-refractivity contribution in [3.8, 4) is 0 Å². The zero-order valence-corrected chi connectivity index (χ0v) is 13.0. The molecule has 1 unspecified atom stereocenters. The second kappa shape index (κ2) is 8.60. The van der Waals surface area contributed by atoms with E-state index in [2.05, 4.69) is 72.9 Å². The van der Waals surface area contributed by atoms with E-state index in [1.807, 2.05) is 0 Å². The van der Waals surface area contributed by atoms with Crippen molar-refractivity contribution >= 4 is 0 Å². The molecule has 0 spiro atoms. The molecule has 2 heteroatoms. The molecular weight excluding hydrogens is 258 g/mol. The molecular formula is C19H25NO. The van der Waals surface area contributed by atoms with Gasteiger partial charge in [-0.05, 0) is 24.1 Å². The minimum Gasteiger partial charge on any atom is -0.383 e. The van der Waals surface area contributed by atoms with Gasteiger partial charge in [-0.3, -0.25) is 0 Å². The van der Waals surface area contributed by atoms with Gasteiger partial charge in [0.1, 0.15) is 0 Å². The lowest BCUT2D eigenvalue weighted by Crippen LogP contribution is -2.39. The zero-order valence-electron chi connectivity index (χ0n) is 13.0. The molecule has 2 rings (SSSR count). The number of ether oxygens (including phenoxy) is 1. The van der Waals surface area contributed by atoms with Crippen molar-refractivity contribution in [1.29, 1.82) is 0 Å². The average Bonchev–Trinajstić information content (AvgIpc) is 2.55. The number of rotatable bonds is 8. The lowest BCUT2D eigenvalue weighted by Gasteiger charge is -2.28. The summed E-state index contributed by atoms with van der Waals surface area (Å²) in [6, 6.07) is 21.6. The summed E-state index contributed by atoms with van der Waals surface area (Å²) >= 11 is 0. The third kappa shape index (κ3) is 4.42. The van der Waals surface area contributed by atoms with Crippen molar-refractivity contribution in [1.82, 2.24) is 5.32 Å². The van der Waals surface area contributed by atoms with Crippen LogP contribution >= 0.6 is 0 Å². The Balaban J connectivity index is 2.34. The van der Waals surface area contributed by atoms with Crippen molar-refractivity contribution in [3.05, 3.63) is 71.8 Å². The maximum Gasteiger partial charge on any atom is 0.0625 e. The first-order chi connectivity index (χ1) is 10.4. The number of hydrogen-bond donors (Lipinski definition) is 1. The highest BCUT2D eigenvalue weighted by Crippen LogP contribution is 2.28. The molecule has 0 aliphatic carbocycles. The monoisotopic (exact) mass is 283 g/mol.